The van der Waals surface area contributed by atoms with Crippen LogP contribution in [-0.4, -0.2) is 18.6 Å². The van der Waals surface area contributed by atoms with Crippen LogP contribution >= 0.6 is 0 Å². The molecule has 0 aliphatic carbocycles. The second-order valence-electron chi connectivity index (χ2n) is 2.56. The Labute approximate surface area is 66.8 Å². The Hall–Kier alpha value is -0.830. The first-order valence-electron chi connectivity index (χ1n) is 3.88. The van der Waals surface area contributed by atoms with E-state index in [9.17, 15) is 0 Å². The van der Waals surface area contributed by atoms with Crippen LogP contribution < -0.4 is 5.32 Å². The molecule has 0 unspecified atom stereocenters. The van der Waals surface area contributed by atoms with E-state index in [1.165, 1.54) is 0 Å². The van der Waals surface area contributed by atoms with Crippen molar-refractivity contribution >= 4 is 0 Å². The highest BCUT2D eigenvalue weighted by Gasteiger charge is 1.97. The summed E-state index contributed by atoms with van der Waals surface area (Å²) in [6.07, 6.45) is 3.84. The van der Waals surface area contributed by atoms with Crippen LogP contribution in [-0.2, 0) is 6.42 Å². The van der Waals surface area contributed by atoms with E-state index < -0.39 is 0 Å². The molecule has 1 heterocycles. The maximum atomic E-state index is 5.06. The predicted molar refractivity (Wildman–Crippen MR) is 43.5 cm³/mol. The third-order valence-electron chi connectivity index (χ3n) is 1.53. The summed E-state index contributed by atoms with van der Waals surface area (Å²) in [4.78, 5) is 4.19. The fourth-order valence-electron chi connectivity index (χ4n) is 0.969. The molecule has 1 N–H and O–H groups in total. The topological polar surface area (TPSA) is 38.1 Å². The summed E-state index contributed by atoms with van der Waals surface area (Å²) in [7, 11) is 1.95. The quantitative estimate of drug-likeness (QED) is 0.661. The lowest BCUT2D eigenvalue weighted by Gasteiger charge is -1.94. The molecule has 11 heavy (non-hydrogen) atoms. The molecular formula is C8H14N2O. The van der Waals surface area contributed by atoms with Gasteiger partial charge in [-0.15, -0.1) is 0 Å². The lowest BCUT2D eigenvalue weighted by molar-refractivity contribution is 0.520. The Kier molecular flexibility index (Phi) is 3.11. The molecule has 1 aromatic rings. The van der Waals surface area contributed by atoms with E-state index >= 15 is 0 Å². The maximum Gasteiger partial charge on any atom is 0.191 e. The molecule has 1 aromatic heterocycles. The van der Waals surface area contributed by atoms with Crippen molar-refractivity contribution in [2.45, 2.75) is 19.8 Å². The van der Waals surface area contributed by atoms with E-state index in [-0.39, 0.29) is 0 Å². The number of rotatable bonds is 4. The highest BCUT2D eigenvalue weighted by molar-refractivity contribution is 4.95. The molecule has 62 valence electrons. The zero-order valence-electron chi connectivity index (χ0n) is 7.05. The Balaban J connectivity index is 2.27. The summed E-state index contributed by atoms with van der Waals surface area (Å²) in [6, 6.07) is 0. The maximum absolute atomic E-state index is 5.06. The van der Waals surface area contributed by atoms with Crippen molar-refractivity contribution in [3.63, 3.8) is 0 Å². The van der Waals surface area contributed by atoms with Crippen molar-refractivity contribution in [2.24, 2.45) is 0 Å². The first-order valence-corrected chi connectivity index (χ1v) is 3.88. The number of nitrogens with one attached hydrogen (secondary N) is 1. The van der Waals surface area contributed by atoms with Crippen LogP contribution in [0.1, 0.15) is 18.0 Å². The molecule has 0 aliphatic heterocycles. The van der Waals surface area contributed by atoms with Crippen LogP contribution in [0, 0.1) is 6.92 Å². The van der Waals surface area contributed by atoms with Crippen molar-refractivity contribution in [3.05, 3.63) is 17.8 Å². The van der Waals surface area contributed by atoms with Gasteiger partial charge in [-0.25, -0.2) is 4.98 Å². The predicted octanol–water partition coefficient (Wildman–Crippen LogP) is 1.14. The van der Waals surface area contributed by atoms with Gasteiger partial charge in [0.2, 0.25) is 0 Å². The first kappa shape index (κ1) is 8.27. The molecule has 3 heteroatoms. The number of oxazole rings is 1. The molecule has 0 radical (unpaired) electrons. The molecule has 0 spiro atoms. The summed E-state index contributed by atoms with van der Waals surface area (Å²) in [5.74, 6) is 0.754. The van der Waals surface area contributed by atoms with Gasteiger partial charge >= 0.3 is 0 Å². The number of hydrogen-bond donors (Lipinski definition) is 1. The smallest absolute Gasteiger partial charge is 0.191 e. The number of hydrogen-bond acceptors (Lipinski definition) is 3. The molecule has 0 fully saturated rings. The third-order valence-corrected chi connectivity index (χ3v) is 1.53. The molecule has 0 saturated carbocycles. The van der Waals surface area contributed by atoms with Crippen LogP contribution in [0.4, 0.5) is 0 Å². The van der Waals surface area contributed by atoms with Crippen LogP contribution in [0.5, 0.6) is 0 Å². The van der Waals surface area contributed by atoms with E-state index in [2.05, 4.69) is 10.3 Å². The Morgan fingerprint density at radius 1 is 1.64 bits per heavy atom. The van der Waals surface area contributed by atoms with Crippen molar-refractivity contribution in [1.82, 2.24) is 10.3 Å². The lowest BCUT2D eigenvalue weighted by atomic mass is 10.2. The van der Waals surface area contributed by atoms with Gasteiger partial charge in [0.25, 0.3) is 0 Å². The zero-order chi connectivity index (χ0) is 8.10. The van der Waals surface area contributed by atoms with Crippen LogP contribution in [0.25, 0.3) is 0 Å². The van der Waals surface area contributed by atoms with Gasteiger partial charge in [0.15, 0.2) is 5.89 Å². The van der Waals surface area contributed by atoms with Crippen molar-refractivity contribution in [2.75, 3.05) is 13.6 Å². The Morgan fingerprint density at radius 3 is 3.00 bits per heavy atom. The fourth-order valence-corrected chi connectivity index (χ4v) is 0.969. The van der Waals surface area contributed by atoms with Crippen LogP contribution in [0.3, 0.4) is 0 Å². The molecule has 1 rings (SSSR count). The first-order chi connectivity index (χ1) is 5.33. The second-order valence-corrected chi connectivity index (χ2v) is 2.56. The fraction of sp³-hybridized carbons (Fsp3) is 0.625. The van der Waals surface area contributed by atoms with E-state index in [0.29, 0.717) is 0 Å². The average molecular weight is 154 g/mol. The number of aromatic nitrogens is 1. The van der Waals surface area contributed by atoms with Gasteiger partial charge in [-0.05, 0) is 26.4 Å². The van der Waals surface area contributed by atoms with Gasteiger partial charge in [0, 0.05) is 6.92 Å². The van der Waals surface area contributed by atoms with Gasteiger partial charge in [0.05, 0.1) is 5.69 Å². The van der Waals surface area contributed by atoms with Crippen LogP contribution in [0.15, 0.2) is 10.7 Å². The normalized spacial score (nSPS) is 10.4. The van der Waals surface area contributed by atoms with E-state index in [1.54, 1.807) is 6.26 Å². The highest BCUT2D eigenvalue weighted by Crippen LogP contribution is 2.02. The molecule has 0 saturated heterocycles. The summed E-state index contributed by atoms with van der Waals surface area (Å²) in [6.45, 7) is 2.90. The Bertz CT molecular complexity index is 208. The van der Waals surface area contributed by atoms with Crippen LogP contribution in [0.2, 0.25) is 0 Å². The van der Waals surface area contributed by atoms with Crippen molar-refractivity contribution in [1.29, 1.82) is 0 Å². The van der Waals surface area contributed by atoms with Gasteiger partial charge in [0.1, 0.15) is 6.26 Å². The number of aryl methyl sites for hydroxylation is 2. The minimum atomic E-state index is 0.754. The SMILES string of the molecule is CNCCCc1coc(C)n1. The molecule has 0 bridgehead atoms. The molecule has 0 aliphatic rings. The molecule has 3 nitrogen and oxygen atoms in total. The molecular weight excluding hydrogens is 140 g/mol. The van der Waals surface area contributed by atoms with E-state index in [0.717, 1.165) is 31.0 Å². The molecule has 0 amide bonds. The summed E-state index contributed by atoms with van der Waals surface area (Å²) >= 11 is 0. The van der Waals surface area contributed by atoms with E-state index in [4.69, 9.17) is 4.42 Å². The summed E-state index contributed by atoms with van der Waals surface area (Å²) in [5, 5.41) is 3.09. The summed E-state index contributed by atoms with van der Waals surface area (Å²) in [5.41, 5.74) is 1.05. The monoisotopic (exact) mass is 154 g/mol. The summed E-state index contributed by atoms with van der Waals surface area (Å²) < 4.78 is 5.06. The van der Waals surface area contributed by atoms with Gasteiger partial charge < -0.3 is 9.73 Å². The average Bonchev–Trinajstić information content (AvgIpc) is 2.37. The van der Waals surface area contributed by atoms with Crippen molar-refractivity contribution in [3.8, 4) is 0 Å². The molecule has 0 atom stereocenters. The van der Waals surface area contributed by atoms with Gasteiger partial charge in [-0.3, -0.25) is 0 Å². The van der Waals surface area contributed by atoms with Gasteiger partial charge in [-0.2, -0.15) is 0 Å². The third kappa shape index (κ3) is 2.72. The molecule has 0 aromatic carbocycles. The Morgan fingerprint density at radius 2 is 2.45 bits per heavy atom. The van der Waals surface area contributed by atoms with Gasteiger partial charge in [-0.1, -0.05) is 0 Å². The number of nitrogens with zero attached hydrogens (tertiary/aromatic N) is 1. The van der Waals surface area contributed by atoms with E-state index in [1.807, 2.05) is 14.0 Å². The minimum Gasteiger partial charge on any atom is -0.449 e. The lowest BCUT2D eigenvalue weighted by Crippen LogP contribution is -2.08. The second kappa shape index (κ2) is 4.13. The zero-order valence-corrected chi connectivity index (χ0v) is 7.05. The van der Waals surface area contributed by atoms with Crippen molar-refractivity contribution < 1.29 is 4.42 Å². The largest absolute Gasteiger partial charge is 0.449 e. The highest BCUT2D eigenvalue weighted by atomic mass is 16.3. The minimum absolute atomic E-state index is 0.754. The standard InChI is InChI=1S/C8H14N2O/c1-7-10-8(6-11-7)4-3-5-9-2/h6,9H,3-5H2,1-2H3.